The Morgan fingerprint density at radius 1 is 1.24 bits per heavy atom. The normalized spacial score (nSPS) is 20.3. The van der Waals surface area contributed by atoms with Crippen molar-refractivity contribution in [2.24, 2.45) is 0 Å². The van der Waals surface area contributed by atoms with E-state index in [1.54, 1.807) is 0 Å². The molecule has 1 heterocycles. The molecule has 0 saturated heterocycles. The number of hydrogen-bond donors (Lipinski definition) is 2. The van der Waals surface area contributed by atoms with Crippen molar-refractivity contribution in [2.45, 2.75) is 45.1 Å². The Labute approximate surface area is 125 Å². The van der Waals surface area contributed by atoms with Gasteiger partial charge in [0.2, 0.25) is 0 Å². The van der Waals surface area contributed by atoms with Crippen molar-refractivity contribution in [3.05, 3.63) is 47.3 Å². The molecule has 0 radical (unpaired) electrons. The Morgan fingerprint density at radius 3 is 2.71 bits per heavy atom. The molecule has 2 unspecified atom stereocenters. The highest BCUT2D eigenvalue weighted by atomic mass is 15.1. The first-order chi connectivity index (χ1) is 10.2. The Bertz CT molecular complexity index is 624. The molecule has 110 valence electrons. The minimum Gasteiger partial charge on any atom is -0.383 e. The lowest BCUT2D eigenvalue weighted by Gasteiger charge is -2.12. The van der Waals surface area contributed by atoms with Crippen LogP contribution in [0.3, 0.4) is 0 Å². The predicted molar refractivity (Wildman–Crippen MR) is 86.4 cm³/mol. The lowest BCUT2D eigenvalue weighted by molar-refractivity contribution is 0.832. The van der Waals surface area contributed by atoms with Crippen LogP contribution >= 0.6 is 0 Å². The molecule has 4 heteroatoms. The number of nitrogens with two attached hydrogens (primary N) is 1. The van der Waals surface area contributed by atoms with E-state index in [2.05, 4.69) is 52.5 Å². The number of benzene rings is 1. The van der Waals surface area contributed by atoms with Gasteiger partial charge in [-0.25, -0.2) is 9.97 Å². The van der Waals surface area contributed by atoms with Gasteiger partial charge < -0.3 is 11.1 Å². The Balaban J connectivity index is 1.74. The topological polar surface area (TPSA) is 63.8 Å². The predicted octanol–water partition coefficient (Wildman–Crippen LogP) is 3.29. The van der Waals surface area contributed by atoms with Gasteiger partial charge in [-0.05, 0) is 25.3 Å². The summed E-state index contributed by atoms with van der Waals surface area (Å²) in [5.41, 5.74) is 8.35. The van der Waals surface area contributed by atoms with E-state index in [9.17, 15) is 0 Å². The number of rotatable bonds is 5. The number of anilines is 2. The quantitative estimate of drug-likeness (QED) is 0.883. The van der Waals surface area contributed by atoms with Crippen molar-refractivity contribution < 1.29 is 0 Å². The van der Waals surface area contributed by atoms with Crippen LogP contribution in [0.15, 0.2) is 30.3 Å². The molecule has 21 heavy (non-hydrogen) atoms. The van der Waals surface area contributed by atoms with Crippen molar-refractivity contribution in [2.75, 3.05) is 11.1 Å². The summed E-state index contributed by atoms with van der Waals surface area (Å²) in [7, 11) is 0. The molecule has 1 aliphatic carbocycles. The molecule has 0 amide bonds. The maximum atomic E-state index is 6.00. The average Bonchev–Trinajstić information content (AvgIpc) is 3.25. The monoisotopic (exact) mass is 282 g/mol. The van der Waals surface area contributed by atoms with Gasteiger partial charge in [-0.1, -0.05) is 37.3 Å². The first-order valence-electron chi connectivity index (χ1n) is 7.63. The van der Waals surface area contributed by atoms with Crippen molar-refractivity contribution in [1.82, 2.24) is 9.97 Å². The van der Waals surface area contributed by atoms with E-state index in [0.717, 1.165) is 36.5 Å². The van der Waals surface area contributed by atoms with Crippen molar-refractivity contribution >= 4 is 11.6 Å². The number of nitrogens with one attached hydrogen (secondary N) is 1. The minimum absolute atomic E-state index is 0.454. The van der Waals surface area contributed by atoms with E-state index in [1.165, 1.54) is 5.56 Å². The van der Waals surface area contributed by atoms with E-state index in [-0.39, 0.29) is 0 Å². The van der Waals surface area contributed by atoms with Crippen molar-refractivity contribution in [3.8, 4) is 0 Å². The van der Waals surface area contributed by atoms with E-state index in [4.69, 9.17) is 5.73 Å². The van der Waals surface area contributed by atoms with Crippen LogP contribution in [0.1, 0.15) is 42.6 Å². The summed E-state index contributed by atoms with van der Waals surface area (Å²) in [5.74, 6) is 2.90. The number of nitrogen functional groups attached to an aromatic ring is 1. The Hall–Kier alpha value is -2.10. The number of nitrogens with zero attached hydrogens (tertiary/aromatic N) is 2. The number of aryl methyl sites for hydroxylation is 1. The fourth-order valence-electron chi connectivity index (χ4n) is 2.66. The molecule has 3 N–H and O–H groups in total. The maximum absolute atomic E-state index is 6.00. The fraction of sp³-hybridized carbons (Fsp3) is 0.412. The average molecular weight is 282 g/mol. The molecule has 0 aliphatic heterocycles. The van der Waals surface area contributed by atoms with E-state index in [1.807, 2.05) is 6.92 Å². The van der Waals surface area contributed by atoms with E-state index >= 15 is 0 Å². The Morgan fingerprint density at radius 2 is 2.00 bits per heavy atom. The van der Waals surface area contributed by atoms with Gasteiger partial charge >= 0.3 is 0 Å². The van der Waals surface area contributed by atoms with Crippen LogP contribution in [0.2, 0.25) is 0 Å². The first kappa shape index (κ1) is 13.9. The van der Waals surface area contributed by atoms with Gasteiger partial charge in [0.25, 0.3) is 0 Å². The second-order valence-electron chi connectivity index (χ2n) is 5.75. The third-order valence-electron chi connectivity index (χ3n) is 4.04. The number of aromatic nitrogens is 2. The maximum Gasteiger partial charge on any atom is 0.135 e. The summed E-state index contributed by atoms with van der Waals surface area (Å²) in [6.07, 6.45) is 3.04. The molecule has 1 saturated carbocycles. The van der Waals surface area contributed by atoms with Gasteiger partial charge in [0, 0.05) is 23.9 Å². The van der Waals surface area contributed by atoms with Crippen LogP contribution in [0.4, 0.5) is 11.6 Å². The molecular formula is C17H22N4. The fourth-order valence-corrected chi connectivity index (χ4v) is 2.66. The molecule has 1 fully saturated rings. The molecule has 1 aromatic heterocycles. The van der Waals surface area contributed by atoms with Crippen LogP contribution in [0.5, 0.6) is 0 Å². The van der Waals surface area contributed by atoms with Gasteiger partial charge in [0.15, 0.2) is 0 Å². The van der Waals surface area contributed by atoms with Gasteiger partial charge in [0.1, 0.15) is 17.5 Å². The zero-order valence-electron chi connectivity index (χ0n) is 12.6. The van der Waals surface area contributed by atoms with Crippen LogP contribution in [-0.4, -0.2) is 16.0 Å². The smallest absolute Gasteiger partial charge is 0.135 e. The molecule has 2 atom stereocenters. The van der Waals surface area contributed by atoms with E-state index in [0.29, 0.717) is 17.8 Å². The SMILES string of the molecule is CCCc1nc(N)c(C)c(NC2CC2c2ccccc2)n1. The second kappa shape index (κ2) is 5.72. The van der Waals surface area contributed by atoms with E-state index < -0.39 is 0 Å². The molecule has 0 spiro atoms. The second-order valence-corrected chi connectivity index (χ2v) is 5.75. The highest BCUT2D eigenvalue weighted by molar-refractivity contribution is 5.56. The van der Waals surface area contributed by atoms with Gasteiger partial charge in [0.05, 0.1) is 0 Å². The van der Waals surface area contributed by atoms with Crippen molar-refractivity contribution in [3.63, 3.8) is 0 Å². The zero-order chi connectivity index (χ0) is 14.8. The zero-order valence-corrected chi connectivity index (χ0v) is 12.6. The molecule has 0 bridgehead atoms. The standard InChI is InChI=1S/C17H22N4/c1-3-7-15-20-16(18)11(2)17(21-15)19-14-10-13(14)12-8-5-4-6-9-12/h4-6,8-9,13-14H,3,7,10H2,1-2H3,(H3,18,19,20,21). The molecule has 1 aromatic carbocycles. The minimum atomic E-state index is 0.454. The number of hydrogen-bond acceptors (Lipinski definition) is 4. The molecule has 4 nitrogen and oxygen atoms in total. The summed E-state index contributed by atoms with van der Waals surface area (Å²) < 4.78 is 0. The highest BCUT2D eigenvalue weighted by Gasteiger charge is 2.38. The molecule has 1 aliphatic rings. The lowest BCUT2D eigenvalue weighted by Crippen LogP contribution is -2.12. The highest BCUT2D eigenvalue weighted by Crippen LogP contribution is 2.43. The van der Waals surface area contributed by atoms with Crippen LogP contribution in [0.25, 0.3) is 0 Å². The molecule has 3 rings (SSSR count). The van der Waals surface area contributed by atoms with Gasteiger partial charge in [-0.2, -0.15) is 0 Å². The molecular weight excluding hydrogens is 260 g/mol. The van der Waals surface area contributed by atoms with Gasteiger partial charge in [-0.15, -0.1) is 0 Å². The van der Waals surface area contributed by atoms with Crippen LogP contribution < -0.4 is 11.1 Å². The summed E-state index contributed by atoms with van der Waals surface area (Å²) in [5, 5.41) is 3.54. The first-order valence-corrected chi connectivity index (χ1v) is 7.63. The Kier molecular flexibility index (Phi) is 3.78. The lowest BCUT2D eigenvalue weighted by atomic mass is 10.1. The molecule has 2 aromatic rings. The largest absolute Gasteiger partial charge is 0.383 e. The van der Waals surface area contributed by atoms with Gasteiger partial charge in [-0.3, -0.25) is 0 Å². The summed E-state index contributed by atoms with van der Waals surface area (Å²) in [4.78, 5) is 8.98. The summed E-state index contributed by atoms with van der Waals surface area (Å²) in [6.45, 7) is 4.10. The third kappa shape index (κ3) is 2.99. The van der Waals surface area contributed by atoms with Crippen molar-refractivity contribution in [1.29, 1.82) is 0 Å². The third-order valence-corrected chi connectivity index (χ3v) is 4.04. The summed E-state index contributed by atoms with van der Waals surface area (Å²) in [6, 6.07) is 11.1. The van der Waals surface area contributed by atoms with Crippen LogP contribution in [-0.2, 0) is 6.42 Å². The summed E-state index contributed by atoms with van der Waals surface area (Å²) >= 11 is 0. The van der Waals surface area contributed by atoms with Crippen LogP contribution in [0, 0.1) is 6.92 Å².